The van der Waals surface area contributed by atoms with Crippen molar-refractivity contribution < 1.29 is 4.39 Å². The number of benzene rings is 1. The fourth-order valence-electron chi connectivity index (χ4n) is 2.26. The zero-order valence-electron chi connectivity index (χ0n) is 11.5. The molecule has 20 heavy (non-hydrogen) atoms. The lowest BCUT2D eigenvalue weighted by atomic mass is 10.0. The Labute approximate surface area is 122 Å². The maximum Gasteiger partial charge on any atom is 0.131 e. The fraction of sp³-hybridized carbons (Fsp3) is 0.357. The molecular weight excluding hydrogens is 279 g/mol. The molecular formula is C14H18ClFN4. The second kappa shape index (κ2) is 6.35. The van der Waals surface area contributed by atoms with E-state index in [-0.39, 0.29) is 5.82 Å². The number of hydrogen-bond acceptors (Lipinski definition) is 3. The van der Waals surface area contributed by atoms with Crippen LogP contribution in [0.25, 0.3) is 0 Å². The van der Waals surface area contributed by atoms with Gasteiger partial charge in [-0.3, -0.25) is 10.5 Å². The van der Waals surface area contributed by atoms with Crippen LogP contribution in [-0.4, -0.2) is 9.78 Å². The number of hydrazine groups is 1. The summed E-state index contributed by atoms with van der Waals surface area (Å²) >= 11 is 6.19. The van der Waals surface area contributed by atoms with Crippen molar-refractivity contribution in [2.24, 2.45) is 5.84 Å². The first-order valence-electron chi connectivity index (χ1n) is 6.52. The average molecular weight is 297 g/mol. The normalized spacial score (nSPS) is 12.7. The Hall–Kier alpha value is -1.43. The van der Waals surface area contributed by atoms with Gasteiger partial charge in [0.15, 0.2) is 0 Å². The van der Waals surface area contributed by atoms with Gasteiger partial charge in [-0.2, -0.15) is 5.10 Å². The van der Waals surface area contributed by atoms with Gasteiger partial charge in [-0.1, -0.05) is 36.7 Å². The van der Waals surface area contributed by atoms with E-state index in [0.29, 0.717) is 28.4 Å². The molecule has 2 aromatic rings. The summed E-state index contributed by atoms with van der Waals surface area (Å²) < 4.78 is 16.1. The molecule has 1 aromatic carbocycles. The van der Waals surface area contributed by atoms with E-state index in [0.717, 1.165) is 6.42 Å². The number of hydrogen-bond donors (Lipinski definition) is 2. The number of nitrogens with zero attached hydrogens (tertiary/aromatic N) is 2. The van der Waals surface area contributed by atoms with Crippen molar-refractivity contribution in [3.05, 3.63) is 52.1 Å². The van der Waals surface area contributed by atoms with Gasteiger partial charge in [0, 0.05) is 12.1 Å². The van der Waals surface area contributed by atoms with E-state index >= 15 is 0 Å². The Kier molecular flexibility index (Phi) is 4.75. The minimum absolute atomic E-state index is 0.282. The summed E-state index contributed by atoms with van der Waals surface area (Å²) in [6.45, 7) is 4.46. The first-order chi connectivity index (χ1) is 9.60. The molecule has 1 unspecified atom stereocenters. The molecule has 108 valence electrons. The molecule has 1 atom stereocenters. The third-order valence-electron chi connectivity index (χ3n) is 3.24. The molecule has 1 aromatic heterocycles. The van der Waals surface area contributed by atoms with E-state index < -0.39 is 6.04 Å². The SMILES string of the molecule is CCCn1ncc(Cl)c1C(NN)c1cccc(C)c1F. The molecule has 0 saturated heterocycles. The summed E-state index contributed by atoms with van der Waals surface area (Å²) in [5, 5.41) is 4.69. The quantitative estimate of drug-likeness (QED) is 0.659. The van der Waals surface area contributed by atoms with Crippen molar-refractivity contribution in [1.29, 1.82) is 0 Å². The monoisotopic (exact) mass is 296 g/mol. The Morgan fingerprint density at radius 1 is 1.50 bits per heavy atom. The number of aromatic nitrogens is 2. The number of nitrogens with one attached hydrogen (secondary N) is 1. The number of aryl methyl sites for hydroxylation is 2. The minimum Gasteiger partial charge on any atom is -0.271 e. The van der Waals surface area contributed by atoms with Gasteiger partial charge in [0.25, 0.3) is 0 Å². The van der Waals surface area contributed by atoms with Crippen LogP contribution in [-0.2, 0) is 6.54 Å². The molecule has 0 bridgehead atoms. The van der Waals surface area contributed by atoms with Crippen LogP contribution in [0.5, 0.6) is 0 Å². The molecule has 0 amide bonds. The van der Waals surface area contributed by atoms with Gasteiger partial charge in [-0.15, -0.1) is 0 Å². The average Bonchev–Trinajstić information content (AvgIpc) is 2.78. The predicted octanol–water partition coefficient (Wildman–Crippen LogP) is 2.95. The van der Waals surface area contributed by atoms with Crippen molar-refractivity contribution in [3.8, 4) is 0 Å². The Balaban J connectivity index is 2.52. The van der Waals surface area contributed by atoms with Gasteiger partial charge in [0.05, 0.1) is 23.0 Å². The molecule has 0 radical (unpaired) electrons. The van der Waals surface area contributed by atoms with E-state index in [9.17, 15) is 4.39 Å². The third-order valence-corrected chi connectivity index (χ3v) is 3.53. The van der Waals surface area contributed by atoms with Crippen molar-refractivity contribution >= 4 is 11.6 Å². The fourth-order valence-corrected chi connectivity index (χ4v) is 2.51. The summed E-state index contributed by atoms with van der Waals surface area (Å²) in [6.07, 6.45) is 2.46. The molecule has 4 nitrogen and oxygen atoms in total. The van der Waals surface area contributed by atoms with Gasteiger partial charge in [-0.25, -0.2) is 9.82 Å². The maximum atomic E-state index is 14.3. The summed E-state index contributed by atoms with van der Waals surface area (Å²) in [5.74, 6) is 5.35. The van der Waals surface area contributed by atoms with E-state index in [1.54, 1.807) is 36.0 Å². The highest BCUT2D eigenvalue weighted by Gasteiger charge is 2.24. The van der Waals surface area contributed by atoms with Crippen LogP contribution in [0.1, 0.15) is 36.2 Å². The highest BCUT2D eigenvalue weighted by molar-refractivity contribution is 6.31. The standard InChI is InChI=1S/C14H18ClFN4/c1-3-7-20-14(11(15)8-18-20)13(19-17)10-6-4-5-9(2)12(10)16/h4-6,8,13,19H,3,7,17H2,1-2H3. The predicted molar refractivity (Wildman–Crippen MR) is 77.8 cm³/mol. The van der Waals surface area contributed by atoms with Crippen LogP contribution in [0.2, 0.25) is 5.02 Å². The summed E-state index contributed by atoms with van der Waals surface area (Å²) in [6, 6.07) is 4.69. The van der Waals surface area contributed by atoms with E-state index in [1.165, 1.54) is 0 Å². The van der Waals surface area contributed by atoms with Crippen LogP contribution < -0.4 is 11.3 Å². The van der Waals surface area contributed by atoms with Gasteiger partial charge < -0.3 is 0 Å². The van der Waals surface area contributed by atoms with Crippen LogP contribution in [0.15, 0.2) is 24.4 Å². The lowest BCUT2D eigenvalue weighted by molar-refractivity contribution is 0.500. The maximum absolute atomic E-state index is 14.3. The van der Waals surface area contributed by atoms with Crippen LogP contribution in [0.3, 0.4) is 0 Å². The zero-order chi connectivity index (χ0) is 14.7. The molecule has 0 spiro atoms. The molecule has 0 saturated carbocycles. The van der Waals surface area contributed by atoms with Gasteiger partial charge in [0.2, 0.25) is 0 Å². The zero-order valence-corrected chi connectivity index (χ0v) is 12.3. The van der Waals surface area contributed by atoms with E-state index in [2.05, 4.69) is 10.5 Å². The molecule has 2 rings (SSSR count). The second-order valence-corrected chi connectivity index (χ2v) is 5.09. The second-order valence-electron chi connectivity index (χ2n) is 4.68. The van der Waals surface area contributed by atoms with Crippen LogP contribution >= 0.6 is 11.6 Å². The molecule has 6 heteroatoms. The molecule has 0 fully saturated rings. The summed E-state index contributed by atoms with van der Waals surface area (Å²) in [5.41, 5.74) is 4.36. The van der Waals surface area contributed by atoms with Crippen molar-refractivity contribution in [1.82, 2.24) is 15.2 Å². The van der Waals surface area contributed by atoms with Crippen molar-refractivity contribution in [2.45, 2.75) is 32.9 Å². The topological polar surface area (TPSA) is 55.9 Å². The number of halogens is 2. The number of rotatable bonds is 5. The minimum atomic E-state index is -0.531. The first kappa shape index (κ1) is 15.0. The van der Waals surface area contributed by atoms with Gasteiger partial charge in [0.1, 0.15) is 5.82 Å². The lowest BCUT2D eigenvalue weighted by Crippen LogP contribution is -2.31. The lowest BCUT2D eigenvalue weighted by Gasteiger charge is -2.20. The van der Waals surface area contributed by atoms with E-state index in [4.69, 9.17) is 17.4 Å². The first-order valence-corrected chi connectivity index (χ1v) is 6.90. The van der Waals surface area contributed by atoms with E-state index in [1.807, 2.05) is 6.92 Å². The molecule has 1 heterocycles. The molecule has 0 aliphatic heterocycles. The number of nitrogens with two attached hydrogens (primary N) is 1. The van der Waals surface area contributed by atoms with Crippen LogP contribution in [0, 0.1) is 12.7 Å². The van der Waals surface area contributed by atoms with Crippen molar-refractivity contribution in [2.75, 3.05) is 0 Å². The smallest absolute Gasteiger partial charge is 0.131 e. The Bertz CT molecular complexity index is 597. The molecule has 0 aliphatic rings. The third kappa shape index (κ3) is 2.70. The van der Waals surface area contributed by atoms with Crippen LogP contribution in [0.4, 0.5) is 4.39 Å². The Morgan fingerprint density at radius 3 is 2.90 bits per heavy atom. The summed E-state index contributed by atoms with van der Waals surface area (Å²) in [4.78, 5) is 0. The van der Waals surface area contributed by atoms with Crippen molar-refractivity contribution in [3.63, 3.8) is 0 Å². The Morgan fingerprint density at radius 2 is 2.25 bits per heavy atom. The molecule has 3 N–H and O–H groups in total. The highest BCUT2D eigenvalue weighted by Crippen LogP contribution is 2.30. The molecule has 0 aliphatic carbocycles. The van der Waals surface area contributed by atoms with Gasteiger partial charge in [-0.05, 0) is 18.9 Å². The largest absolute Gasteiger partial charge is 0.271 e. The van der Waals surface area contributed by atoms with Gasteiger partial charge >= 0.3 is 0 Å². The summed E-state index contributed by atoms with van der Waals surface area (Å²) in [7, 11) is 0. The highest BCUT2D eigenvalue weighted by atomic mass is 35.5.